The van der Waals surface area contributed by atoms with E-state index in [1.807, 2.05) is 12.1 Å². The fourth-order valence-corrected chi connectivity index (χ4v) is 2.43. The summed E-state index contributed by atoms with van der Waals surface area (Å²) in [6, 6.07) is 6.87. The largest absolute Gasteiger partial charge is 0.476 e. The minimum absolute atomic E-state index is 0.107. The van der Waals surface area contributed by atoms with Crippen molar-refractivity contribution in [1.82, 2.24) is 5.16 Å². The van der Waals surface area contributed by atoms with Gasteiger partial charge in [0.1, 0.15) is 0 Å². The Morgan fingerprint density at radius 1 is 1.31 bits per heavy atom. The summed E-state index contributed by atoms with van der Waals surface area (Å²) in [6.45, 7) is 0. The number of carboxylic acid groups (broad SMARTS) is 1. The normalized spacial score (nSPS) is 10.4. The summed E-state index contributed by atoms with van der Waals surface area (Å²) in [5.41, 5.74) is 0.646. The van der Waals surface area contributed by atoms with Crippen molar-refractivity contribution in [3.63, 3.8) is 0 Å². The van der Waals surface area contributed by atoms with Crippen LogP contribution in [0.5, 0.6) is 0 Å². The maximum absolute atomic E-state index is 10.6. The number of benzene rings is 1. The molecule has 0 spiro atoms. The summed E-state index contributed by atoms with van der Waals surface area (Å²) in [6.07, 6.45) is 0. The van der Waals surface area contributed by atoms with Crippen LogP contribution < -0.4 is 0 Å². The molecule has 0 aliphatic rings. The average molecular weight is 347 g/mol. The van der Waals surface area contributed by atoms with Crippen LogP contribution in [0.3, 0.4) is 0 Å². The van der Waals surface area contributed by atoms with Crippen molar-refractivity contribution in [2.24, 2.45) is 0 Å². The van der Waals surface area contributed by atoms with Gasteiger partial charge < -0.3 is 9.63 Å². The number of nitrogens with zero attached hydrogens (tertiary/aromatic N) is 1. The van der Waals surface area contributed by atoms with Gasteiger partial charge in [-0.3, -0.25) is 0 Å². The maximum atomic E-state index is 10.6. The van der Waals surface area contributed by atoms with Crippen LogP contribution in [0.1, 0.15) is 10.5 Å². The standard InChI is InChI=1S/C10H5Br2NO3/c11-5-1-2-6(7(12)3-5)9-4-8(10(14)15)13-16-9/h1-4H,(H,14,15). The van der Waals surface area contributed by atoms with Gasteiger partial charge in [0.25, 0.3) is 0 Å². The zero-order valence-electron chi connectivity index (χ0n) is 7.78. The number of hydrogen-bond donors (Lipinski definition) is 1. The van der Waals surface area contributed by atoms with E-state index in [0.717, 1.165) is 14.5 Å². The highest BCUT2D eigenvalue weighted by molar-refractivity contribution is 9.11. The molecule has 0 saturated carbocycles. The minimum Gasteiger partial charge on any atom is -0.476 e. The smallest absolute Gasteiger partial charge is 0.358 e. The summed E-state index contributed by atoms with van der Waals surface area (Å²) < 4.78 is 6.68. The van der Waals surface area contributed by atoms with Crippen molar-refractivity contribution in [2.75, 3.05) is 0 Å². The van der Waals surface area contributed by atoms with Gasteiger partial charge in [0.15, 0.2) is 11.5 Å². The SMILES string of the molecule is O=C(O)c1cc(-c2ccc(Br)cc2Br)on1. The fourth-order valence-electron chi connectivity index (χ4n) is 1.19. The van der Waals surface area contributed by atoms with E-state index in [2.05, 4.69) is 37.0 Å². The van der Waals surface area contributed by atoms with Crippen molar-refractivity contribution in [1.29, 1.82) is 0 Å². The minimum atomic E-state index is -1.11. The van der Waals surface area contributed by atoms with Crippen molar-refractivity contribution in [3.8, 4) is 11.3 Å². The maximum Gasteiger partial charge on any atom is 0.358 e. The first-order valence-corrected chi connectivity index (χ1v) is 5.82. The zero-order valence-corrected chi connectivity index (χ0v) is 10.9. The van der Waals surface area contributed by atoms with Gasteiger partial charge in [0, 0.05) is 20.6 Å². The molecular formula is C10H5Br2NO3. The quantitative estimate of drug-likeness (QED) is 0.902. The summed E-state index contributed by atoms with van der Waals surface area (Å²) in [5.74, 6) is -0.694. The number of aromatic nitrogens is 1. The highest BCUT2D eigenvalue weighted by atomic mass is 79.9. The van der Waals surface area contributed by atoms with E-state index in [4.69, 9.17) is 9.63 Å². The van der Waals surface area contributed by atoms with Gasteiger partial charge in [-0.1, -0.05) is 21.1 Å². The number of rotatable bonds is 2. The first kappa shape index (κ1) is 11.3. The lowest BCUT2D eigenvalue weighted by Crippen LogP contribution is -1.94. The molecule has 2 aromatic rings. The zero-order chi connectivity index (χ0) is 11.7. The molecular weight excluding hydrogens is 342 g/mol. The topological polar surface area (TPSA) is 63.3 Å². The Kier molecular flexibility index (Phi) is 3.11. The van der Waals surface area contributed by atoms with Crippen LogP contribution in [0, 0.1) is 0 Å². The van der Waals surface area contributed by atoms with Crippen LogP contribution in [0.15, 0.2) is 37.7 Å². The van der Waals surface area contributed by atoms with E-state index in [1.165, 1.54) is 6.07 Å². The lowest BCUT2D eigenvalue weighted by molar-refractivity contribution is 0.0686. The number of hydrogen-bond acceptors (Lipinski definition) is 3. The van der Waals surface area contributed by atoms with E-state index < -0.39 is 5.97 Å². The molecule has 16 heavy (non-hydrogen) atoms. The van der Waals surface area contributed by atoms with Crippen LogP contribution in [0.25, 0.3) is 11.3 Å². The molecule has 0 atom stereocenters. The van der Waals surface area contributed by atoms with Gasteiger partial charge in [-0.05, 0) is 34.1 Å². The van der Waals surface area contributed by atoms with Crippen LogP contribution in [0.2, 0.25) is 0 Å². The second-order valence-electron chi connectivity index (χ2n) is 3.01. The number of aromatic carboxylic acids is 1. The molecule has 1 aromatic carbocycles. The van der Waals surface area contributed by atoms with Gasteiger partial charge in [-0.25, -0.2) is 4.79 Å². The highest BCUT2D eigenvalue weighted by Crippen LogP contribution is 2.31. The fraction of sp³-hybridized carbons (Fsp3) is 0. The molecule has 82 valence electrons. The van der Waals surface area contributed by atoms with Crippen molar-refractivity contribution < 1.29 is 14.4 Å². The molecule has 0 aliphatic carbocycles. The lowest BCUT2D eigenvalue weighted by atomic mass is 10.1. The summed E-state index contributed by atoms with van der Waals surface area (Å²) >= 11 is 6.69. The number of halogens is 2. The van der Waals surface area contributed by atoms with Crippen LogP contribution >= 0.6 is 31.9 Å². The molecule has 0 fully saturated rings. The molecule has 6 heteroatoms. The molecule has 1 heterocycles. The Hall–Kier alpha value is -1.14. The van der Waals surface area contributed by atoms with Crippen molar-refractivity contribution >= 4 is 37.8 Å². The van der Waals surface area contributed by atoms with Gasteiger partial charge >= 0.3 is 5.97 Å². The van der Waals surface area contributed by atoms with Gasteiger partial charge in [0.2, 0.25) is 0 Å². The molecule has 0 amide bonds. The summed E-state index contributed by atoms with van der Waals surface area (Å²) in [4.78, 5) is 10.6. The second-order valence-corrected chi connectivity index (χ2v) is 4.78. The van der Waals surface area contributed by atoms with Gasteiger partial charge in [-0.2, -0.15) is 0 Å². The molecule has 0 saturated heterocycles. The molecule has 0 bridgehead atoms. The third kappa shape index (κ3) is 2.17. The molecule has 0 aliphatic heterocycles. The van der Waals surface area contributed by atoms with Crippen LogP contribution in [0.4, 0.5) is 0 Å². The second kappa shape index (κ2) is 4.39. The Labute approximate surface area is 108 Å². The van der Waals surface area contributed by atoms with Gasteiger partial charge in [-0.15, -0.1) is 0 Å². The molecule has 1 aromatic heterocycles. The molecule has 1 N–H and O–H groups in total. The molecule has 2 rings (SSSR count). The van der Waals surface area contributed by atoms with E-state index in [1.54, 1.807) is 6.07 Å². The number of carbonyl (C=O) groups is 1. The monoisotopic (exact) mass is 345 g/mol. The number of carboxylic acids is 1. The van der Waals surface area contributed by atoms with E-state index >= 15 is 0 Å². The predicted octanol–water partition coefficient (Wildman–Crippen LogP) is 3.56. The van der Waals surface area contributed by atoms with Crippen molar-refractivity contribution in [2.45, 2.75) is 0 Å². The Balaban J connectivity index is 2.46. The first-order valence-electron chi connectivity index (χ1n) is 4.23. The van der Waals surface area contributed by atoms with Gasteiger partial charge in [0.05, 0.1) is 0 Å². The van der Waals surface area contributed by atoms with E-state index in [-0.39, 0.29) is 5.69 Å². The molecule has 4 nitrogen and oxygen atoms in total. The average Bonchev–Trinajstić information content (AvgIpc) is 2.66. The predicted molar refractivity (Wildman–Crippen MR) is 64.3 cm³/mol. The Bertz CT molecular complexity index is 551. The molecule has 0 radical (unpaired) electrons. The Morgan fingerprint density at radius 2 is 2.06 bits per heavy atom. The van der Waals surface area contributed by atoms with Crippen LogP contribution in [-0.2, 0) is 0 Å². The van der Waals surface area contributed by atoms with E-state index in [9.17, 15) is 4.79 Å². The van der Waals surface area contributed by atoms with Crippen LogP contribution in [-0.4, -0.2) is 16.2 Å². The lowest BCUT2D eigenvalue weighted by Gasteiger charge is -1.99. The highest BCUT2D eigenvalue weighted by Gasteiger charge is 2.14. The van der Waals surface area contributed by atoms with E-state index in [0.29, 0.717) is 5.76 Å². The van der Waals surface area contributed by atoms with Crippen molar-refractivity contribution in [3.05, 3.63) is 38.9 Å². The third-order valence-electron chi connectivity index (χ3n) is 1.93. The summed E-state index contributed by atoms with van der Waals surface area (Å²) in [5, 5.41) is 12.2. The first-order chi connectivity index (χ1) is 7.58. The summed E-state index contributed by atoms with van der Waals surface area (Å²) in [7, 11) is 0. The third-order valence-corrected chi connectivity index (χ3v) is 3.08. The molecule has 0 unspecified atom stereocenters. The Morgan fingerprint density at radius 3 is 2.62 bits per heavy atom.